The van der Waals surface area contributed by atoms with Crippen LogP contribution in [-0.2, 0) is 0 Å². The molecule has 314 valence electrons. The van der Waals surface area contributed by atoms with E-state index in [1.54, 1.807) is 0 Å². The van der Waals surface area contributed by atoms with E-state index in [2.05, 4.69) is 228 Å². The first kappa shape index (κ1) is 37.1. The van der Waals surface area contributed by atoms with E-state index in [1.807, 2.05) is 12.1 Å². The van der Waals surface area contributed by atoms with Crippen molar-refractivity contribution < 1.29 is 0 Å². The molecule has 4 heteroatoms. The number of hydrogen-bond acceptors (Lipinski definition) is 2. The third-order valence-electron chi connectivity index (χ3n) is 14.4. The number of benzene rings is 12. The number of hydrogen-bond donors (Lipinski definition) is 0. The maximum absolute atomic E-state index is 5.37. The summed E-state index contributed by atoms with van der Waals surface area (Å²) in [5, 5.41) is 17.4. The minimum Gasteiger partial charge on any atom is -0.309 e. The van der Waals surface area contributed by atoms with Crippen molar-refractivity contribution in [2.24, 2.45) is 0 Å². The zero-order valence-corrected chi connectivity index (χ0v) is 36.7. The first-order chi connectivity index (χ1) is 33.7. The van der Waals surface area contributed by atoms with Gasteiger partial charge in [0.25, 0.3) is 0 Å². The lowest BCUT2D eigenvalue weighted by atomic mass is 9.92. The van der Waals surface area contributed by atoms with Crippen LogP contribution in [0.2, 0.25) is 0 Å². The fraction of sp³-hybridized carbons (Fsp3) is 0. The summed E-state index contributed by atoms with van der Waals surface area (Å²) in [4.78, 5) is 10.7. The van der Waals surface area contributed by atoms with Crippen molar-refractivity contribution in [2.75, 3.05) is 0 Å². The van der Waals surface area contributed by atoms with Gasteiger partial charge in [-0.2, -0.15) is 0 Å². The molecule has 15 rings (SSSR count). The Morgan fingerprint density at radius 2 is 0.735 bits per heavy atom. The van der Waals surface area contributed by atoms with Crippen molar-refractivity contribution in [3.8, 4) is 33.9 Å². The Kier molecular flexibility index (Phi) is 7.75. The lowest BCUT2D eigenvalue weighted by molar-refractivity contribution is 1.17. The summed E-state index contributed by atoms with van der Waals surface area (Å²) in [6.45, 7) is 0. The molecule has 12 aromatic carbocycles. The van der Waals surface area contributed by atoms with Crippen LogP contribution in [0.25, 0.3) is 142 Å². The topological polar surface area (TPSA) is 35.6 Å². The highest BCUT2D eigenvalue weighted by Gasteiger charge is 2.20. The number of fused-ring (bicyclic) bond motifs is 16. The predicted octanol–water partition coefficient (Wildman–Crippen LogP) is 16.9. The summed E-state index contributed by atoms with van der Waals surface area (Å²) in [7, 11) is 0. The molecule has 0 N–H and O–H groups in total. The molecule has 0 unspecified atom stereocenters. The summed E-state index contributed by atoms with van der Waals surface area (Å²) < 4.78 is 4.87. The number of rotatable bonds is 4. The third-order valence-corrected chi connectivity index (χ3v) is 14.4. The zero-order chi connectivity index (χ0) is 44.5. The number of aromatic nitrogens is 4. The lowest BCUT2D eigenvalue weighted by Gasteiger charge is -2.15. The van der Waals surface area contributed by atoms with Gasteiger partial charge in [0.15, 0.2) is 0 Å². The van der Waals surface area contributed by atoms with Gasteiger partial charge in [0.2, 0.25) is 0 Å². The molecule has 3 heterocycles. The fourth-order valence-electron chi connectivity index (χ4n) is 11.4. The van der Waals surface area contributed by atoms with Gasteiger partial charge in [-0.3, -0.25) is 0 Å². The van der Waals surface area contributed by atoms with Gasteiger partial charge in [-0.25, -0.2) is 9.97 Å². The maximum atomic E-state index is 5.37. The van der Waals surface area contributed by atoms with Gasteiger partial charge in [-0.1, -0.05) is 158 Å². The summed E-state index contributed by atoms with van der Waals surface area (Å²) in [5.41, 5.74) is 12.5. The highest BCUT2D eigenvalue weighted by molar-refractivity contribution is 6.26. The van der Waals surface area contributed by atoms with Crippen LogP contribution in [0.3, 0.4) is 0 Å². The Balaban J connectivity index is 0.919. The van der Waals surface area contributed by atoms with Crippen molar-refractivity contribution >= 4 is 109 Å². The summed E-state index contributed by atoms with van der Waals surface area (Å²) in [6.07, 6.45) is 0. The van der Waals surface area contributed by atoms with E-state index in [0.29, 0.717) is 0 Å². The first-order valence-corrected chi connectivity index (χ1v) is 23.3. The molecule has 0 aliphatic heterocycles. The molecule has 0 saturated heterocycles. The molecule has 0 aliphatic rings. The van der Waals surface area contributed by atoms with Crippen LogP contribution < -0.4 is 0 Å². The first-order valence-electron chi connectivity index (χ1n) is 23.3. The van der Waals surface area contributed by atoms with Gasteiger partial charge >= 0.3 is 0 Å². The summed E-state index contributed by atoms with van der Waals surface area (Å²) in [6, 6.07) is 83.9. The standard InChI is InChI=1S/C64H38N4/c1-2-15-42-37-61-54(35-41(42)14-1)55-38-45(68-58-24-12-9-21-52(58)62-46-16-4-3-13-39(46)28-33-60(62)68)31-34-59(55)67(61)44-29-25-40(26-30-44)63-64(66-57-23-11-10-22-56(57)65-63)43-27-32-51-49-19-6-5-17-47(49)48-18-7-8-20-50(48)53(51)36-43/h1-38H. The maximum Gasteiger partial charge on any atom is 0.0973 e. The molecule has 0 aliphatic carbocycles. The Morgan fingerprint density at radius 1 is 0.250 bits per heavy atom. The molecule has 0 bridgehead atoms. The predicted molar refractivity (Wildman–Crippen MR) is 287 cm³/mol. The quantitative estimate of drug-likeness (QED) is 0.165. The van der Waals surface area contributed by atoms with Crippen LogP contribution in [0.1, 0.15) is 0 Å². The molecule has 0 fully saturated rings. The zero-order valence-electron chi connectivity index (χ0n) is 36.7. The Labute approximate surface area is 390 Å². The Bertz CT molecular complexity index is 4580. The van der Waals surface area contributed by atoms with Crippen molar-refractivity contribution in [3.63, 3.8) is 0 Å². The minimum atomic E-state index is 0.858. The summed E-state index contributed by atoms with van der Waals surface area (Å²) in [5.74, 6) is 0. The molecule has 4 nitrogen and oxygen atoms in total. The molecule has 0 spiro atoms. The molecule has 0 atom stereocenters. The summed E-state index contributed by atoms with van der Waals surface area (Å²) >= 11 is 0. The molecule has 0 radical (unpaired) electrons. The van der Waals surface area contributed by atoms with E-state index in [9.17, 15) is 0 Å². The molecular weight excluding hydrogens is 825 g/mol. The molecule has 0 amide bonds. The molecule has 15 aromatic rings. The van der Waals surface area contributed by atoms with Crippen LogP contribution in [0.5, 0.6) is 0 Å². The fourth-order valence-corrected chi connectivity index (χ4v) is 11.4. The Morgan fingerprint density at radius 3 is 1.46 bits per heavy atom. The largest absolute Gasteiger partial charge is 0.309 e. The molecule has 3 aromatic heterocycles. The van der Waals surface area contributed by atoms with Crippen molar-refractivity contribution in [1.82, 2.24) is 19.1 Å². The van der Waals surface area contributed by atoms with Gasteiger partial charge in [0.1, 0.15) is 0 Å². The van der Waals surface area contributed by atoms with Gasteiger partial charge < -0.3 is 9.13 Å². The van der Waals surface area contributed by atoms with E-state index in [4.69, 9.17) is 9.97 Å². The third kappa shape index (κ3) is 5.37. The molecule has 0 saturated carbocycles. The molecular formula is C64H38N4. The van der Waals surface area contributed by atoms with Crippen LogP contribution >= 0.6 is 0 Å². The average molecular weight is 863 g/mol. The highest BCUT2D eigenvalue weighted by Crippen LogP contribution is 2.42. The average Bonchev–Trinajstić information content (AvgIpc) is 3.92. The monoisotopic (exact) mass is 862 g/mol. The second-order valence-electron chi connectivity index (χ2n) is 18.1. The smallest absolute Gasteiger partial charge is 0.0973 e. The highest BCUT2D eigenvalue weighted by atomic mass is 15.0. The van der Waals surface area contributed by atoms with E-state index in [1.165, 1.54) is 92.0 Å². The lowest BCUT2D eigenvalue weighted by Crippen LogP contribution is -1.98. The Hall–Kier alpha value is -9.12. The normalized spacial score (nSPS) is 12.1. The van der Waals surface area contributed by atoms with E-state index < -0.39 is 0 Å². The van der Waals surface area contributed by atoms with Crippen molar-refractivity contribution in [2.45, 2.75) is 0 Å². The van der Waals surface area contributed by atoms with Crippen LogP contribution in [0.15, 0.2) is 231 Å². The van der Waals surface area contributed by atoms with E-state index in [0.717, 1.165) is 50.4 Å². The van der Waals surface area contributed by atoms with Crippen LogP contribution in [0.4, 0.5) is 0 Å². The van der Waals surface area contributed by atoms with Gasteiger partial charge in [-0.05, 0) is 127 Å². The number of nitrogens with zero attached hydrogens (tertiary/aromatic N) is 4. The van der Waals surface area contributed by atoms with E-state index in [-0.39, 0.29) is 0 Å². The van der Waals surface area contributed by atoms with Crippen molar-refractivity contribution in [1.29, 1.82) is 0 Å². The van der Waals surface area contributed by atoms with Crippen LogP contribution in [0, 0.1) is 0 Å². The van der Waals surface area contributed by atoms with Crippen molar-refractivity contribution in [3.05, 3.63) is 231 Å². The second-order valence-corrected chi connectivity index (χ2v) is 18.1. The van der Waals surface area contributed by atoms with Gasteiger partial charge in [0.05, 0.1) is 44.5 Å². The van der Waals surface area contributed by atoms with Gasteiger partial charge in [-0.15, -0.1) is 0 Å². The SMILES string of the molecule is c1ccc2cc3c(cc2c1)c1cc(-n2c4ccccc4c4c5ccccc5ccc42)ccc1n3-c1ccc(-c2nc3ccccc3nc2-c2ccc3c4ccccc4c4ccccc4c3c2)cc1. The van der Waals surface area contributed by atoms with E-state index >= 15 is 0 Å². The van der Waals surface area contributed by atoms with Crippen LogP contribution in [-0.4, -0.2) is 19.1 Å². The minimum absolute atomic E-state index is 0.858. The second kappa shape index (κ2) is 14.2. The van der Waals surface area contributed by atoms with Gasteiger partial charge in [0, 0.05) is 44.0 Å². The molecule has 68 heavy (non-hydrogen) atoms. The number of para-hydroxylation sites is 3.